The van der Waals surface area contributed by atoms with Gasteiger partial charge in [0.25, 0.3) is 5.91 Å². The molecule has 2 aromatic rings. The highest BCUT2D eigenvalue weighted by molar-refractivity contribution is 7.03. The van der Waals surface area contributed by atoms with Crippen molar-refractivity contribution in [2.75, 3.05) is 27.4 Å². The Morgan fingerprint density at radius 1 is 1.50 bits per heavy atom. The first kappa shape index (κ1) is 16.9. The number of aryl methyl sites for hydroxylation is 1. The molecule has 2 aromatic heterocycles. The van der Waals surface area contributed by atoms with Crippen molar-refractivity contribution in [2.24, 2.45) is 0 Å². The number of carbonyl (C=O) groups is 1. The first-order valence-electron chi connectivity index (χ1n) is 7.96. The fraction of sp³-hybridized carbons (Fsp3) is 0.562. The van der Waals surface area contributed by atoms with E-state index in [1.807, 2.05) is 23.1 Å². The van der Waals surface area contributed by atoms with Crippen LogP contribution < -0.4 is 4.74 Å². The molecule has 0 unspecified atom stereocenters. The maximum atomic E-state index is 12.9. The summed E-state index contributed by atoms with van der Waals surface area (Å²) in [6.45, 7) is 3.80. The number of aromatic nitrogens is 3. The van der Waals surface area contributed by atoms with E-state index in [1.54, 1.807) is 19.1 Å². The summed E-state index contributed by atoms with van der Waals surface area (Å²) in [7, 11) is 3.38. The van der Waals surface area contributed by atoms with Gasteiger partial charge < -0.3 is 14.4 Å². The standard InChI is InChI=1S/C16H22N4O3S/c1-11-8-14(20(17-11)13-4-6-23-7-5-13)16(21)19(2)9-12-10-24-18-15(12)22-3/h8,10,13H,4-7,9H2,1-3H3. The quantitative estimate of drug-likeness (QED) is 0.827. The van der Waals surface area contributed by atoms with Crippen molar-refractivity contribution in [3.8, 4) is 5.88 Å². The van der Waals surface area contributed by atoms with Crippen LogP contribution in [0.5, 0.6) is 5.88 Å². The van der Waals surface area contributed by atoms with E-state index in [-0.39, 0.29) is 11.9 Å². The summed E-state index contributed by atoms with van der Waals surface area (Å²) in [5.74, 6) is 0.532. The first-order valence-corrected chi connectivity index (χ1v) is 8.80. The molecule has 0 radical (unpaired) electrons. The molecule has 0 N–H and O–H groups in total. The number of ether oxygens (including phenoxy) is 2. The Morgan fingerprint density at radius 2 is 2.25 bits per heavy atom. The van der Waals surface area contributed by atoms with Crippen molar-refractivity contribution in [3.63, 3.8) is 0 Å². The molecule has 24 heavy (non-hydrogen) atoms. The molecule has 1 amide bonds. The van der Waals surface area contributed by atoms with Crippen LogP contribution in [0.15, 0.2) is 11.4 Å². The third-order valence-electron chi connectivity index (χ3n) is 4.17. The van der Waals surface area contributed by atoms with Crippen LogP contribution >= 0.6 is 11.5 Å². The minimum absolute atomic E-state index is 0.0460. The van der Waals surface area contributed by atoms with E-state index in [0.29, 0.717) is 31.3 Å². The number of methoxy groups -OCH3 is 1. The molecule has 0 bridgehead atoms. The maximum absolute atomic E-state index is 12.9. The van der Waals surface area contributed by atoms with E-state index < -0.39 is 0 Å². The summed E-state index contributed by atoms with van der Waals surface area (Å²) in [5, 5.41) is 6.45. The molecule has 8 heteroatoms. The van der Waals surface area contributed by atoms with Gasteiger partial charge in [-0.3, -0.25) is 9.48 Å². The lowest BCUT2D eigenvalue weighted by atomic mass is 10.1. The molecule has 130 valence electrons. The lowest BCUT2D eigenvalue weighted by molar-refractivity contribution is 0.0616. The topological polar surface area (TPSA) is 69.5 Å². The van der Waals surface area contributed by atoms with E-state index in [0.717, 1.165) is 24.1 Å². The molecule has 1 aliphatic rings. The zero-order chi connectivity index (χ0) is 17.1. The normalized spacial score (nSPS) is 15.5. The average molecular weight is 350 g/mol. The Hall–Kier alpha value is -1.93. The van der Waals surface area contributed by atoms with Crippen LogP contribution in [0.2, 0.25) is 0 Å². The molecule has 0 saturated carbocycles. The molecule has 1 saturated heterocycles. The van der Waals surface area contributed by atoms with Crippen molar-refractivity contribution in [2.45, 2.75) is 32.4 Å². The highest BCUT2D eigenvalue weighted by atomic mass is 32.1. The lowest BCUT2D eigenvalue weighted by Gasteiger charge is -2.25. The Labute approximate surface area is 145 Å². The van der Waals surface area contributed by atoms with Gasteiger partial charge in [0.05, 0.1) is 25.4 Å². The first-order chi connectivity index (χ1) is 11.6. The molecule has 1 fully saturated rings. The van der Waals surface area contributed by atoms with Crippen molar-refractivity contribution >= 4 is 17.4 Å². The van der Waals surface area contributed by atoms with Crippen molar-refractivity contribution in [3.05, 3.63) is 28.4 Å². The Kier molecular flexibility index (Phi) is 5.15. The van der Waals surface area contributed by atoms with E-state index in [1.165, 1.54) is 11.5 Å². The summed E-state index contributed by atoms with van der Waals surface area (Å²) in [6, 6.07) is 2.08. The van der Waals surface area contributed by atoms with Crippen molar-refractivity contribution < 1.29 is 14.3 Å². The van der Waals surface area contributed by atoms with Crippen LogP contribution in [0, 0.1) is 6.92 Å². The minimum atomic E-state index is -0.0460. The molecule has 3 rings (SSSR count). The molecular formula is C16H22N4O3S. The summed E-state index contributed by atoms with van der Waals surface area (Å²) in [5.41, 5.74) is 2.39. The third kappa shape index (κ3) is 3.44. The van der Waals surface area contributed by atoms with Gasteiger partial charge in [0.1, 0.15) is 5.69 Å². The predicted octanol–water partition coefficient (Wildman–Crippen LogP) is 2.28. The van der Waals surface area contributed by atoms with E-state index in [4.69, 9.17) is 9.47 Å². The highest BCUT2D eigenvalue weighted by Crippen LogP contribution is 2.25. The van der Waals surface area contributed by atoms with E-state index in [9.17, 15) is 4.79 Å². The van der Waals surface area contributed by atoms with Crippen LogP contribution in [0.1, 0.15) is 40.6 Å². The molecule has 1 aliphatic heterocycles. The zero-order valence-electron chi connectivity index (χ0n) is 14.2. The van der Waals surface area contributed by atoms with Gasteiger partial charge in [0.2, 0.25) is 5.88 Å². The number of hydrogen-bond acceptors (Lipinski definition) is 6. The predicted molar refractivity (Wildman–Crippen MR) is 90.5 cm³/mol. The lowest BCUT2D eigenvalue weighted by Crippen LogP contribution is -2.31. The fourth-order valence-electron chi connectivity index (χ4n) is 2.93. The van der Waals surface area contributed by atoms with Gasteiger partial charge >= 0.3 is 0 Å². The molecule has 0 atom stereocenters. The van der Waals surface area contributed by atoms with Crippen LogP contribution in [-0.4, -0.2) is 52.3 Å². The van der Waals surface area contributed by atoms with Gasteiger partial charge in [-0.25, -0.2) is 0 Å². The van der Waals surface area contributed by atoms with Crippen molar-refractivity contribution in [1.82, 2.24) is 19.1 Å². The van der Waals surface area contributed by atoms with Crippen LogP contribution in [0.3, 0.4) is 0 Å². The highest BCUT2D eigenvalue weighted by Gasteiger charge is 2.25. The number of hydrogen-bond donors (Lipinski definition) is 0. The fourth-order valence-corrected chi connectivity index (χ4v) is 3.57. The van der Waals surface area contributed by atoms with Gasteiger partial charge in [-0.05, 0) is 37.4 Å². The Bertz CT molecular complexity index is 706. The monoisotopic (exact) mass is 350 g/mol. The number of carbonyl (C=O) groups excluding carboxylic acids is 1. The third-order valence-corrected chi connectivity index (χ3v) is 4.83. The molecule has 0 aliphatic carbocycles. The molecule has 7 nitrogen and oxygen atoms in total. The average Bonchev–Trinajstić information content (AvgIpc) is 3.21. The molecule has 0 aromatic carbocycles. The van der Waals surface area contributed by atoms with Gasteiger partial charge in [-0.1, -0.05) is 0 Å². The summed E-state index contributed by atoms with van der Waals surface area (Å²) in [4.78, 5) is 14.6. The van der Waals surface area contributed by atoms with Crippen LogP contribution in [-0.2, 0) is 11.3 Å². The number of nitrogens with zero attached hydrogens (tertiary/aromatic N) is 4. The van der Waals surface area contributed by atoms with Gasteiger partial charge in [0.15, 0.2) is 0 Å². The number of amides is 1. The SMILES string of the molecule is COc1nscc1CN(C)C(=O)c1cc(C)nn1C1CCOCC1. The molecular weight excluding hydrogens is 328 g/mol. The second-order valence-electron chi connectivity index (χ2n) is 5.97. The zero-order valence-corrected chi connectivity index (χ0v) is 15.0. The Balaban J connectivity index is 1.79. The van der Waals surface area contributed by atoms with Crippen molar-refractivity contribution in [1.29, 1.82) is 0 Å². The van der Waals surface area contributed by atoms with Gasteiger partial charge in [-0.15, -0.1) is 0 Å². The van der Waals surface area contributed by atoms with Crippen LogP contribution in [0.4, 0.5) is 0 Å². The smallest absolute Gasteiger partial charge is 0.272 e. The van der Waals surface area contributed by atoms with E-state index >= 15 is 0 Å². The second kappa shape index (κ2) is 7.31. The maximum Gasteiger partial charge on any atom is 0.272 e. The summed E-state index contributed by atoms with van der Waals surface area (Å²) in [6.07, 6.45) is 1.76. The molecule has 3 heterocycles. The second-order valence-corrected chi connectivity index (χ2v) is 6.60. The number of rotatable bonds is 5. The summed E-state index contributed by atoms with van der Waals surface area (Å²) < 4.78 is 16.7. The van der Waals surface area contributed by atoms with Gasteiger partial charge in [0, 0.05) is 31.2 Å². The largest absolute Gasteiger partial charge is 0.480 e. The molecule has 0 spiro atoms. The van der Waals surface area contributed by atoms with Crippen LogP contribution in [0.25, 0.3) is 0 Å². The van der Waals surface area contributed by atoms with Gasteiger partial charge in [-0.2, -0.15) is 9.47 Å². The van der Waals surface area contributed by atoms with E-state index in [2.05, 4.69) is 9.47 Å². The summed E-state index contributed by atoms with van der Waals surface area (Å²) >= 11 is 1.33. The Morgan fingerprint density at radius 3 is 2.96 bits per heavy atom. The minimum Gasteiger partial charge on any atom is -0.480 e.